The summed E-state index contributed by atoms with van der Waals surface area (Å²) < 4.78 is 16.2. The van der Waals surface area contributed by atoms with E-state index in [1.165, 1.54) is 9.69 Å². The van der Waals surface area contributed by atoms with Crippen molar-refractivity contribution in [1.82, 2.24) is 18.7 Å². The van der Waals surface area contributed by atoms with Gasteiger partial charge in [0.1, 0.15) is 23.8 Å². The highest BCUT2D eigenvalue weighted by atomic mass is 16.5. The van der Waals surface area contributed by atoms with E-state index in [2.05, 4.69) is 4.99 Å². The van der Waals surface area contributed by atoms with Crippen molar-refractivity contribution in [2.24, 2.45) is 17.9 Å². The molecule has 1 aromatic carbocycles. The minimum Gasteiger partial charge on any atom is -0.491 e. The zero-order valence-corrected chi connectivity index (χ0v) is 18.2. The molecule has 0 bridgehead atoms. The number of aryl methyl sites for hydroxylation is 3. The van der Waals surface area contributed by atoms with Crippen molar-refractivity contribution in [2.75, 3.05) is 11.7 Å². The largest absolute Gasteiger partial charge is 0.491 e. The average Bonchev–Trinajstić information content (AvgIpc) is 3.47. The Morgan fingerprint density at radius 1 is 1.22 bits per heavy atom. The topological polar surface area (TPSA) is 108 Å². The van der Waals surface area contributed by atoms with Crippen molar-refractivity contribution >= 4 is 17.3 Å². The highest BCUT2D eigenvalue weighted by molar-refractivity contribution is 6.14. The first-order valence-electron chi connectivity index (χ1n) is 10.5. The molecule has 0 saturated carbocycles. The number of hydrogen-bond acceptors (Lipinski definition) is 7. The third kappa shape index (κ3) is 3.28. The zero-order valence-electron chi connectivity index (χ0n) is 18.2. The number of aromatic nitrogens is 4. The van der Waals surface area contributed by atoms with Crippen LogP contribution < -0.4 is 21.3 Å². The molecule has 0 spiro atoms. The van der Waals surface area contributed by atoms with E-state index >= 15 is 0 Å². The minimum atomic E-state index is -0.164. The van der Waals surface area contributed by atoms with E-state index in [0.29, 0.717) is 41.7 Å². The summed E-state index contributed by atoms with van der Waals surface area (Å²) in [6.45, 7) is 4.72. The number of ether oxygens (including phenoxy) is 1. The van der Waals surface area contributed by atoms with Gasteiger partial charge in [-0.25, -0.2) is 19.8 Å². The van der Waals surface area contributed by atoms with Crippen molar-refractivity contribution in [3.05, 3.63) is 70.2 Å². The fraction of sp³-hybridized carbons (Fsp3) is 0.318. The highest BCUT2D eigenvalue weighted by Gasteiger charge is 2.30. The number of benzene rings is 1. The zero-order chi connectivity index (χ0) is 22.4. The molecule has 3 aromatic heterocycles. The van der Waals surface area contributed by atoms with Crippen molar-refractivity contribution in [1.29, 1.82) is 0 Å². The van der Waals surface area contributed by atoms with E-state index in [9.17, 15) is 4.79 Å². The molecular formula is C22H25N7O3. The highest BCUT2D eigenvalue weighted by Crippen LogP contribution is 2.27. The Morgan fingerprint density at radius 3 is 2.69 bits per heavy atom. The van der Waals surface area contributed by atoms with E-state index in [0.717, 1.165) is 11.3 Å². The third-order valence-electron chi connectivity index (χ3n) is 5.42. The van der Waals surface area contributed by atoms with E-state index in [-0.39, 0.29) is 18.5 Å². The third-order valence-corrected chi connectivity index (χ3v) is 5.42. The summed E-state index contributed by atoms with van der Waals surface area (Å²) in [6.07, 6.45) is 2.39. The SMILES string of the molecule is CC(C)Oc1ccc(CCn2c(=O)n(C)n3c4c(nc23)N(N)CN=C4c2ccco2)cc1. The lowest BCUT2D eigenvalue weighted by atomic mass is 10.1. The Bertz CT molecular complexity index is 1340. The number of hydrazine groups is 1. The van der Waals surface area contributed by atoms with Gasteiger partial charge in [-0.3, -0.25) is 14.6 Å². The van der Waals surface area contributed by atoms with Crippen LogP contribution in [0.1, 0.15) is 30.9 Å². The quantitative estimate of drug-likeness (QED) is 0.464. The number of imidazole rings is 1. The lowest BCUT2D eigenvalue weighted by Gasteiger charge is -2.20. The van der Waals surface area contributed by atoms with Crippen LogP contribution in [-0.2, 0) is 20.0 Å². The number of nitrogens with zero attached hydrogens (tertiary/aromatic N) is 6. The molecule has 10 nitrogen and oxygen atoms in total. The molecule has 4 aromatic rings. The van der Waals surface area contributed by atoms with Gasteiger partial charge in [0.25, 0.3) is 0 Å². The second-order valence-corrected chi connectivity index (χ2v) is 8.01. The smallest absolute Gasteiger partial charge is 0.345 e. The summed E-state index contributed by atoms with van der Waals surface area (Å²) in [6, 6.07) is 11.6. The van der Waals surface area contributed by atoms with Gasteiger partial charge in [0.05, 0.1) is 12.4 Å². The van der Waals surface area contributed by atoms with E-state index in [1.54, 1.807) is 28.5 Å². The number of furan rings is 1. The normalized spacial score (nSPS) is 13.7. The van der Waals surface area contributed by atoms with Crippen LogP contribution in [0.4, 0.5) is 5.82 Å². The molecule has 0 unspecified atom stereocenters. The molecule has 2 N–H and O–H groups in total. The Hall–Kier alpha value is -3.79. The van der Waals surface area contributed by atoms with E-state index < -0.39 is 0 Å². The fourth-order valence-corrected chi connectivity index (χ4v) is 3.94. The first-order chi connectivity index (χ1) is 15.4. The van der Waals surface area contributed by atoms with Gasteiger partial charge in [-0.2, -0.15) is 4.98 Å². The maximum atomic E-state index is 13.0. The van der Waals surface area contributed by atoms with Gasteiger partial charge >= 0.3 is 5.69 Å². The van der Waals surface area contributed by atoms with Crippen LogP contribution in [-0.4, -0.2) is 37.2 Å². The molecule has 32 heavy (non-hydrogen) atoms. The second-order valence-electron chi connectivity index (χ2n) is 8.01. The lowest BCUT2D eigenvalue weighted by molar-refractivity contribution is 0.242. The van der Waals surface area contributed by atoms with Gasteiger partial charge in [-0.05, 0) is 50.1 Å². The number of rotatable bonds is 6. The Kier molecular flexibility index (Phi) is 4.86. The predicted molar refractivity (Wildman–Crippen MR) is 120 cm³/mol. The van der Waals surface area contributed by atoms with Gasteiger partial charge in [-0.1, -0.05) is 12.1 Å². The molecule has 10 heteroatoms. The Morgan fingerprint density at radius 2 is 2.00 bits per heavy atom. The van der Waals surface area contributed by atoms with Crippen molar-refractivity contribution in [3.63, 3.8) is 0 Å². The van der Waals surface area contributed by atoms with Crippen LogP contribution in [0.2, 0.25) is 0 Å². The van der Waals surface area contributed by atoms with Crippen LogP contribution >= 0.6 is 0 Å². The maximum Gasteiger partial charge on any atom is 0.345 e. The molecule has 1 aliphatic heterocycles. The van der Waals surface area contributed by atoms with Crippen LogP contribution in [0.25, 0.3) is 5.78 Å². The first-order valence-corrected chi connectivity index (χ1v) is 10.5. The summed E-state index contributed by atoms with van der Waals surface area (Å²) in [7, 11) is 1.71. The molecular weight excluding hydrogens is 410 g/mol. The Balaban J connectivity index is 1.50. The number of aliphatic imine (C=N–C) groups is 1. The van der Waals surface area contributed by atoms with Gasteiger partial charge in [0, 0.05) is 13.6 Å². The van der Waals surface area contributed by atoms with Gasteiger partial charge in [0.2, 0.25) is 5.78 Å². The average molecular weight is 435 g/mol. The summed E-state index contributed by atoms with van der Waals surface area (Å²) in [4.78, 5) is 22.3. The van der Waals surface area contributed by atoms with E-state index in [4.69, 9.17) is 20.0 Å². The summed E-state index contributed by atoms with van der Waals surface area (Å²) in [5.41, 5.74) is 2.19. The molecule has 0 amide bonds. The molecule has 0 radical (unpaired) electrons. The van der Waals surface area contributed by atoms with Crippen LogP contribution in [0.3, 0.4) is 0 Å². The molecule has 4 heterocycles. The standard InChI is InChI=1S/C22H25N7O3/c1-14(2)32-16-8-6-15(7-9-16)10-11-27-21-25-20-19(29(21)26(3)22(27)30)18(24-13-28(20)23)17-5-4-12-31-17/h4-9,12,14H,10-11,13,23H2,1-3H3. The van der Waals surface area contributed by atoms with Crippen LogP contribution in [0, 0.1) is 0 Å². The maximum absolute atomic E-state index is 13.0. The molecule has 0 fully saturated rings. The molecule has 0 aliphatic carbocycles. The fourth-order valence-electron chi connectivity index (χ4n) is 3.94. The van der Waals surface area contributed by atoms with Crippen molar-refractivity contribution in [2.45, 2.75) is 32.9 Å². The lowest BCUT2D eigenvalue weighted by Crippen LogP contribution is -2.37. The van der Waals surface area contributed by atoms with Gasteiger partial charge in [0.15, 0.2) is 11.6 Å². The van der Waals surface area contributed by atoms with Crippen LogP contribution in [0.15, 0.2) is 56.9 Å². The first kappa shape index (κ1) is 20.1. The summed E-state index contributed by atoms with van der Waals surface area (Å²) in [5.74, 6) is 8.65. The molecule has 166 valence electrons. The van der Waals surface area contributed by atoms with Crippen molar-refractivity contribution < 1.29 is 9.15 Å². The van der Waals surface area contributed by atoms with Gasteiger partial charge < -0.3 is 9.15 Å². The summed E-state index contributed by atoms with van der Waals surface area (Å²) >= 11 is 0. The van der Waals surface area contributed by atoms with Crippen molar-refractivity contribution in [3.8, 4) is 5.75 Å². The minimum absolute atomic E-state index is 0.125. The molecule has 1 aliphatic rings. The molecule has 5 rings (SSSR count). The number of hydrogen-bond donors (Lipinski definition) is 1. The predicted octanol–water partition coefficient (Wildman–Crippen LogP) is 1.95. The van der Waals surface area contributed by atoms with Crippen LogP contribution in [0.5, 0.6) is 5.75 Å². The molecule has 0 atom stereocenters. The van der Waals surface area contributed by atoms with Gasteiger partial charge in [-0.15, -0.1) is 0 Å². The molecule has 0 saturated heterocycles. The number of anilines is 1. The number of nitrogens with two attached hydrogens (primary N) is 1. The second kappa shape index (κ2) is 7.72. The monoisotopic (exact) mass is 435 g/mol. The Labute approximate surface area is 184 Å². The summed E-state index contributed by atoms with van der Waals surface area (Å²) in [5, 5.41) is 1.47. The van der Waals surface area contributed by atoms with E-state index in [1.807, 2.05) is 44.2 Å². The number of fused-ring (bicyclic) bond motifs is 3.